The zero-order valence-electron chi connectivity index (χ0n) is 18.3. The molecule has 158 valence electrons. The molecule has 2 saturated heterocycles. The molecular formula is C26H38NO2+. The summed E-state index contributed by atoms with van der Waals surface area (Å²) >= 11 is 0. The number of fused-ring (bicyclic) bond motifs is 2. The number of ether oxygens (including phenoxy) is 1. The van der Waals surface area contributed by atoms with Crippen molar-refractivity contribution in [2.24, 2.45) is 5.92 Å². The van der Waals surface area contributed by atoms with E-state index >= 15 is 0 Å². The third kappa shape index (κ3) is 4.03. The Labute approximate surface area is 176 Å². The van der Waals surface area contributed by atoms with Crippen molar-refractivity contribution in [2.45, 2.75) is 89.8 Å². The first-order valence-electron chi connectivity index (χ1n) is 12.0. The molecule has 2 bridgehead atoms. The number of nitrogens with zero attached hydrogens (tertiary/aromatic N) is 1. The van der Waals surface area contributed by atoms with Gasteiger partial charge in [0.05, 0.1) is 31.1 Å². The van der Waals surface area contributed by atoms with Crippen molar-refractivity contribution in [3.63, 3.8) is 0 Å². The molecule has 0 N–H and O–H groups in total. The molecule has 3 heteroatoms. The number of benzene rings is 1. The highest BCUT2D eigenvalue weighted by atomic mass is 16.5. The highest BCUT2D eigenvalue weighted by Crippen LogP contribution is 2.44. The lowest BCUT2D eigenvalue weighted by molar-refractivity contribution is -0.966. The second-order valence-electron chi connectivity index (χ2n) is 9.47. The molecule has 1 aromatic rings. The van der Waals surface area contributed by atoms with E-state index in [0.29, 0.717) is 12.1 Å². The van der Waals surface area contributed by atoms with Gasteiger partial charge in [0.1, 0.15) is 6.10 Å². The minimum Gasteiger partial charge on any atom is -0.461 e. The van der Waals surface area contributed by atoms with E-state index in [9.17, 15) is 4.79 Å². The molecule has 2 aliphatic heterocycles. The molecule has 1 aliphatic carbocycles. The Kier molecular flexibility index (Phi) is 6.44. The van der Waals surface area contributed by atoms with Crippen LogP contribution in [0.1, 0.15) is 77.2 Å². The molecular weight excluding hydrogens is 358 g/mol. The molecule has 1 aromatic carbocycles. The summed E-state index contributed by atoms with van der Waals surface area (Å²) in [5.41, 5.74) is 2.36. The van der Waals surface area contributed by atoms with Gasteiger partial charge < -0.3 is 9.22 Å². The van der Waals surface area contributed by atoms with Gasteiger partial charge in [-0.3, -0.25) is 4.79 Å². The number of hydrogen-bond acceptors (Lipinski definition) is 2. The number of carbonyl (C=O) groups excluding carboxylic acids is 1. The van der Waals surface area contributed by atoms with Crippen LogP contribution in [0.3, 0.4) is 0 Å². The second kappa shape index (κ2) is 9.04. The van der Waals surface area contributed by atoms with Gasteiger partial charge in [0.2, 0.25) is 0 Å². The van der Waals surface area contributed by atoms with Crippen molar-refractivity contribution in [1.82, 2.24) is 0 Å². The number of carbonyl (C=O) groups is 1. The van der Waals surface area contributed by atoms with Crippen LogP contribution in [0.15, 0.2) is 36.4 Å². The molecule has 0 spiro atoms. The first-order valence-corrected chi connectivity index (χ1v) is 12.0. The van der Waals surface area contributed by atoms with Crippen LogP contribution < -0.4 is 0 Å². The quantitative estimate of drug-likeness (QED) is 0.434. The van der Waals surface area contributed by atoms with E-state index < -0.39 is 0 Å². The molecule has 0 radical (unpaired) electrons. The summed E-state index contributed by atoms with van der Waals surface area (Å²) in [7, 11) is 0. The summed E-state index contributed by atoms with van der Waals surface area (Å²) in [6, 6.07) is 11.8. The maximum Gasteiger partial charge on any atom is 0.313 e. The lowest BCUT2D eigenvalue weighted by atomic mass is 9.83. The maximum absolute atomic E-state index is 13.2. The smallest absolute Gasteiger partial charge is 0.313 e. The van der Waals surface area contributed by atoms with E-state index in [0.717, 1.165) is 32.1 Å². The average molecular weight is 397 g/mol. The standard InChI is InChI=1S/C26H38NO2/c1-3-16-27(17-4-2)21-14-15-22(27)19-23(18-21)29-26(28)25-13-9-8-12-24(25)20-10-6-5-7-11-20/h5-7,10-12,21-23,25H,3-4,8-9,13-19H2,1-2H3/q+1. The van der Waals surface area contributed by atoms with E-state index in [1.807, 2.05) is 6.07 Å². The maximum atomic E-state index is 13.2. The van der Waals surface area contributed by atoms with Gasteiger partial charge in [-0.05, 0) is 43.2 Å². The number of esters is 1. The van der Waals surface area contributed by atoms with Gasteiger partial charge in [-0.1, -0.05) is 50.3 Å². The van der Waals surface area contributed by atoms with E-state index in [-0.39, 0.29) is 18.0 Å². The second-order valence-corrected chi connectivity index (χ2v) is 9.47. The number of quaternary nitrogens is 1. The third-order valence-corrected chi connectivity index (χ3v) is 7.75. The van der Waals surface area contributed by atoms with Crippen molar-refractivity contribution in [3.05, 3.63) is 42.0 Å². The molecule has 3 atom stereocenters. The average Bonchev–Trinajstić information content (AvgIpc) is 2.92. The zero-order chi connectivity index (χ0) is 20.3. The summed E-state index contributed by atoms with van der Waals surface area (Å²) in [4.78, 5) is 13.2. The predicted octanol–water partition coefficient (Wildman–Crippen LogP) is 5.74. The first kappa shape index (κ1) is 20.7. The van der Waals surface area contributed by atoms with Crippen LogP contribution in [0.25, 0.3) is 5.57 Å². The number of rotatable bonds is 7. The van der Waals surface area contributed by atoms with Crippen LogP contribution in [-0.2, 0) is 9.53 Å². The molecule has 29 heavy (non-hydrogen) atoms. The summed E-state index contributed by atoms with van der Waals surface area (Å²) in [6.45, 7) is 7.24. The summed E-state index contributed by atoms with van der Waals surface area (Å²) in [5.74, 6) is -0.0635. The molecule has 0 amide bonds. The summed E-state index contributed by atoms with van der Waals surface area (Å²) < 4.78 is 7.53. The summed E-state index contributed by atoms with van der Waals surface area (Å²) in [6.07, 6.45) is 12.7. The van der Waals surface area contributed by atoms with Gasteiger partial charge in [0, 0.05) is 25.7 Å². The first-order chi connectivity index (χ1) is 14.2. The monoisotopic (exact) mass is 396 g/mol. The van der Waals surface area contributed by atoms with E-state index in [2.05, 4.69) is 44.2 Å². The van der Waals surface area contributed by atoms with Gasteiger partial charge >= 0.3 is 5.97 Å². The van der Waals surface area contributed by atoms with Crippen LogP contribution in [0.5, 0.6) is 0 Å². The van der Waals surface area contributed by atoms with Crippen LogP contribution in [0, 0.1) is 5.92 Å². The van der Waals surface area contributed by atoms with Crippen LogP contribution in [-0.4, -0.2) is 41.7 Å². The van der Waals surface area contributed by atoms with Gasteiger partial charge in [0.15, 0.2) is 0 Å². The number of piperidine rings is 1. The van der Waals surface area contributed by atoms with Crippen molar-refractivity contribution in [3.8, 4) is 0 Å². The Morgan fingerprint density at radius 2 is 1.66 bits per heavy atom. The highest BCUT2D eigenvalue weighted by Gasteiger charge is 2.54. The van der Waals surface area contributed by atoms with Crippen molar-refractivity contribution < 1.29 is 14.0 Å². The Morgan fingerprint density at radius 3 is 2.28 bits per heavy atom. The lowest BCUT2D eigenvalue weighted by Gasteiger charge is -2.49. The van der Waals surface area contributed by atoms with E-state index in [1.54, 1.807) is 0 Å². The largest absolute Gasteiger partial charge is 0.461 e. The predicted molar refractivity (Wildman–Crippen MR) is 118 cm³/mol. The number of hydrogen-bond donors (Lipinski definition) is 0. The molecule has 3 aliphatic rings. The molecule has 0 aromatic heterocycles. The molecule has 2 heterocycles. The van der Waals surface area contributed by atoms with Gasteiger partial charge in [-0.2, -0.15) is 0 Å². The van der Waals surface area contributed by atoms with Crippen LogP contribution >= 0.6 is 0 Å². The minimum atomic E-state index is -0.0868. The van der Waals surface area contributed by atoms with Gasteiger partial charge in [-0.25, -0.2) is 0 Å². The molecule has 3 nitrogen and oxygen atoms in total. The highest BCUT2D eigenvalue weighted by molar-refractivity contribution is 5.89. The molecule has 0 saturated carbocycles. The Morgan fingerprint density at radius 1 is 1.00 bits per heavy atom. The number of allylic oxidation sites excluding steroid dienone is 1. The van der Waals surface area contributed by atoms with Crippen molar-refractivity contribution >= 4 is 11.5 Å². The molecule has 3 unspecified atom stereocenters. The van der Waals surface area contributed by atoms with Crippen LogP contribution in [0.4, 0.5) is 0 Å². The Bertz CT molecular complexity index is 703. The van der Waals surface area contributed by atoms with Crippen molar-refractivity contribution in [2.75, 3.05) is 13.1 Å². The SMILES string of the molecule is CCC[N+]1(CCC)C2CCC1CC(OC(=O)C1CCCC=C1c1ccccc1)C2. The molecule has 2 fully saturated rings. The Balaban J connectivity index is 1.44. The Hall–Kier alpha value is -1.61. The molecule has 4 rings (SSSR count). The fourth-order valence-electron chi connectivity index (χ4n) is 6.64. The lowest BCUT2D eigenvalue weighted by Crippen LogP contribution is -2.62. The van der Waals surface area contributed by atoms with Crippen molar-refractivity contribution in [1.29, 1.82) is 0 Å². The topological polar surface area (TPSA) is 26.3 Å². The zero-order valence-corrected chi connectivity index (χ0v) is 18.3. The van der Waals surface area contributed by atoms with Gasteiger partial charge in [0.25, 0.3) is 0 Å². The fraction of sp³-hybridized carbons (Fsp3) is 0.654. The van der Waals surface area contributed by atoms with Crippen LogP contribution in [0.2, 0.25) is 0 Å². The van der Waals surface area contributed by atoms with Gasteiger partial charge in [-0.15, -0.1) is 0 Å². The fourth-order valence-corrected chi connectivity index (χ4v) is 6.64. The summed E-state index contributed by atoms with van der Waals surface area (Å²) in [5, 5.41) is 0. The van der Waals surface area contributed by atoms with E-state index in [4.69, 9.17) is 4.74 Å². The van der Waals surface area contributed by atoms with E-state index in [1.165, 1.54) is 54.4 Å². The third-order valence-electron chi connectivity index (χ3n) is 7.75. The minimum absolute atomic E-state index is 0.0233. The normalized spacial score (nSPS) is 30.6.